The Morgan fingerprint density at radius 1 is 1.04 bits per heavy atom. The first-order valence-corrected chi connectivity index (χ1v) is 8.81. The van der Waals surface area contributed by atoms with Gasteiger partial charge in [0.1, 0.15) is 12.0 Å². The number of pyridine rings is 1. The van der Waals surface area contributed by atoms with Crippen LogP contribution in [0.25, 0.3) is 0 Å². The monoisotopic (exact) mass is 363 g/mol. The van der Waals surface area contributed by atoms with Crippen molar-refractivity contribution in [3.8, 4) is 0 Å². The fourth-order valence-electron chi connectivity index (χ4n) is 3.26. The molecule has 5 heteroatoms. The third-order valence-electron chi connectivity index (χ3n) is 4.82. The maximum Gasteiger partial charge on any atom is 0.261 e. The highest BCUT2D eigenvalue weighted by atomic mass is 35.5. The van der Waals surface area contributed by atoms with Crippen molar-refractivity contribution in [3.05, 3.63) is 88.1 Å². The maximum absolute atomic E-state index is 13.0. The molecule has 0 aliphatic carbocycles. The average molecular weight is 364 g/mol. The molecule has 0 unspecified atom stereocenters. The first kappa shape index (κ1) is 16.6. The second-order valence-electron chi connectivity index (χ2n) is 6.39. The Balaban J connectivity index is 1.81. The second-order valence-corrected chi connectivity index (χ2v) is 6.83. The van der Waals surface area contributed by atoms with E-state index >= 15 is 0 Å². The lowest BCUT2D eigenvalue weighted by Crippen LogP contribution is -2.33. The van der Waals surface area contributed by atoms with E-state index in [1.165, 1.54) is 5.56 Å². The van der Waals surface area contributed by atoms with Crippen LogP contribution in [-0.4, -0.2) is 10.9 Å². The van der Waals surface area contributed by atoms with E-state index in [-0.39, 0.29) is 12.1 Å². The number of hydrogen-bond acceptors (Lipinski definition) is 3. The highest BCUT2D eigenvalue weighted by Gasteiger charge is 2.38. The largest absolute Gasteiger partial charge is 0.361 e. The summed E-state index contributed by atoms with van der Waals surface area (Å²) in [6, 6.07) is 17.3. The van der Waals surface area contributed by atoms with Crippen molar-refractivity contribution < 1.29 is 4.79 Å². The molecule has 1 aromatic heterocycles. The number of amides is 1. The van der Waals surface area contributed by atoms with Gasteiger partial charge in [0.25, 0.3) is 5.91 Å². The molecule has 1 amide bonds. The molecule has 0 saturated heterocycles. The minimum atomic E-state index is -0.326. The maximum atomic E-state index is 13.0. The standard InChI is InChI=1S/C21H18ClN3O/c1-13-6-5-9-18(14(13)2)24-20-16-7-3-4-8-17(16)21(26)25(20)19-11-10-15(22)12-23-19/h3-12,20,24H,1-2H3/t20-/m0/s1. The Morgan fingerprint density at radius 3 is 2.62 bits per heavy atom. The van der Waals surface area contributed by atoms with Crippen molar-refractivity contribution in [2.75, 3.05) is 10.2 Å². The lowest BCUT2D eigenvalue weighted by Gasteiger charge is -2.27. The van der Waals surface area contributed by atoms with Gasteiger partial charge in [0.05, 0.1) is 5.02 Å². The van der Waals surface area contributed by atoms with Crippen LogP contribution in [0.1, 0.15) is 33.2 Å². The van der Waals surface area contributed by atoms with Crippen LogP contribution in [-0.2, 0) is 0 Å². The number of aromatic nitrogens is 1. The van der Waals surface area contributed by atoms with Crippen LogP contribution in [0.4, 0.5) is 11.5 Å². The van der Waals surface area contributed by atoms with E-state index in [1.807, 2.05) is 36.4 Å². The fourth-order valence-corrected chi connectivity index (χ4v) is 3.37. The molecule has 4 rings (SSSR count). The molecule has 0 bridgehead atoms. The summed E-state index contributed by atoms with van der Waals surface area (Å²) in [6.45, 7) is 4.15. The molecule has 1 N–H and O–H groups in total. The minimum Gasteiger partial charge on any atom is -0.361 e. The molecule has 0 spiro atoms. The third kappa shape index (κ3) is 2.72. The number of halogens is 1. The van der Waals surface area contributed by atoms with Crippen molar-refractivity contribution in [3.63, 3.8) is 0 Å². The molecule has 2 heterocycles. The van der Waals surface area contributed by atoms with Gasteiger partial charge >= 0.3 is 0 Å². The van der Waals surface area contributed by atoms with E-state index in [1.54, 1.807) is 23.2 Å². The zero-order valence-corrected chi connectivity index (χ0v) is 15.3. The Kier molecular flexibility index (Phi) is 4.13. The zero-order chi connectivity index (χ0) is 18.3. The van der Waals surface area contributed by atoms with E-state index in [0.717, 1.165) is 16.8 Å². The number of carbonyl (C=O) groups excluding carboxylic acids is 1. The first-order chi connectivity index (χ1) is 12.6. The van der Waals surface area contributed by atoms with Crippen LogP contribution in [0.15, 0.2) is 60.8 Å². The van der Waals surface area contributed by atoms with Gasteiger partial charge in [0, 0.05) is 23.0 Å². The molecule has 1 aliphatic heterocycles. The average Bonchev–Trinajstić information content (AvgIpc) is 2.92. The van der Waals surface area contributed by atoms with E-state index < -0.39 is 0 Å². The molecule has 1 atom stereocenters. The highest BCUT2D eigenvalue weighted by Crippen LogP contribution is 2.38. The quantitative estimate of drug-likeness (QED) is 0.702. The molecule has 3 aromatic rings. The van der Waals surface area contributed by atoms with Crippen molar-refractivity contribution in [1.29, 1.82) is 0 Å². The predicted molar refractivity (Wildman–Crippen MR) is 105 cm³/mol. The number of nitrogens with zero attached hydrogens (tertiary/aromatic N) is 2. The molecular weight excluding hydrogens is 346 g/mol. The zero-order valence-electron chi connectivity index (χ0n) is 14.5. The number of anilines is 2. The number of fused-ring (bicyclic) bond motifs is 1. The van der Waals surface area contributed by atoms with Crippen molar-refractivity contribution >= 4 is 29.0 Å². The fraction of sp³-hybridized carbons (Fsp3) is 0.143. The number of aryl methyl sites for hydroxylation is 1. The summed E-state index contributed by atoms with van der Waals surface area (Å²) >= 11 is 5.97. The summed E-state index contributed by atoms with van der Waals surface area (Å²) in [7, 11) is 0. The van der Waals surface area contributed by atoms with Crippen LogP contribution in [0, 0.1) is 13.8 Å². The summed E-state index contributed by atoms with van der Waals surface area (Å²) in [4.78, 5) is 19.1. The Morgan fingerprint density at radius 2 is 1.85 bits per heavy atom. The molecule has 26 heavy (non-hydrogen) atoms. The normalized spacial score (nSPS) is 15.9. The van der Waals surface area contributed by atoms with E-state index in [0.29, 0.717) is 16.4 Å². The van der Waals surface area contributed by atoms with Gasteiger partial charge in [0.15, 0.2) is 0 Å². The molecule has 0 saturated carbocycles. The smallest absolute Gasteiger partial charge is 0.261 e. The number of rotatable bonds is 3. The van der Waals surface area contributed by atoms with Gasteiger partial charge < -0.3 is 5.32 Å². The topological polar surface area (TPSA) is 45.2 Å². The van der Waals surface area contributed by atoms with Crippen LogP contribution >= 0.6 is 11.6 Å². The van der Waals surface area contributed by atoms with Crippen molar-refractivity contribution in [2.24, 2.45) is 0 Å². The van der Waals surface area contributed by atoms with E-state index in [4.69, 9.17) is 11.6 Å². The Bertz CT molecular complexity index is 985. The van der Waals surface area contributed by atoms with E-state index in [2.05, 4.69) is 30.2 Å². The van der Waals surface area contributed by atoms with Crippen LogP contribution in [0.3, 0.4) is 0 Å². The summed E-state index contributed by atoms with van der Waals surface area (Å²) in [5, 5.41) is 4.07. The number of benzene rings is 2. The van der Waals surface area contributed by atoms with Crippen molar-refractivity contribution in [1.82, 2.24) is 4.98 Å². The van der Waals surface area contributed by atoms with Gasteiger partial charge in [-0.15, -0.1) is 0 Å². The Hall–Kier alpha value is -2.85. The second kappa shape index (κ2) is 6.46. The molecule has 130 valence electrons. The van der Waals surface area contributed by atoms with Gasteiger partial charge in [-0.2, -0.15) is 0 Å². The van der Waals surface area contributed by atoms with Gasteiger partial charge in [0.2, 0.25) is 0 Å². The lowest BCUT2D eigenvalue weighted by molar-refractivity contribution is 0.0992. The molecule has 0 radical (unpaired) electrons. The SMILES string of the molecule is Cc1cccc(N[C@@H]2c3ccccc3C(=O)N2c2ccc(Cl)cn2)c1C. The predicted octanol–water partition coefficient (Wildman–Crippen LogP) is 5.12. The van der Waals surface area contributed by atoms with Crippen LogP contribution in [0.2, 0.25) is 5.02 Å². The summed E-state index contributed by atoms with van der Waals surface area (Å²) < 4.78 is 0. The molecule has 1 aliphatic rings. The summed E-state index contributed by atoms with van der Waals surface area (Å²) in [6.07, 6.45) is 1.23. The number of hydrogen-bond donors (Lipinski definition) is 1. The van der Waals surface area contributed by atoms with Gasteiger partial charge in [-0.1, -0.05) is 41.9 Å². The van der Waals surface area contributed by atoms with E-state index in [9.17, 15) is 4.79 Å². The number of carbonyl (C=O) groups is 1. The molecule has 4 nitrogen and oxygen atoms in total. The highest BCUT2D eigenvalue weighted by molar-refractivity contribution is 6.30. The molecule has 0 fully saturated rings. The Labute approximate surface area is 157 Å². The molecule has 2 aromatic carbocycles. The third-order valence-corrected chi connectivity index (χ3v) is 5.04. The minimum absolute atomic E-state index is 0.0711. The molecular formula is C21H18ClN3O. The summed E-state index contributed by atoms with van der Waals surface area (Å²) in [5.74, 6) is 0.497. The van der Waals surface area contributed by atoms with Crippen molar-refractivity contribution in [2.45, 2.75) is 20.0 Å². The van der Waals surface area contributed by atoms with Crippen LogP contribution < -0.4 is 10.2 Å². The van der Waals surface area contributed by atoms with Gasteiger partial charge in [-0.25, -0.2) is 4.98 Å². The van der Waals surface area contributed by atoms with Gasteiger partial charge in [-0.3, -0.25) is 9.69 Å². The summed E-state index contributed by atoms with van der Waals surface area (Å²) in [5.41, 5.74) is 4.98. The van der Waals surface area contributed by atoms with Gasteiger partial charge in [-0.05, 0) is 49.2 Å². The first-order valence-electron chi connectivity index (χ1n) is 8.43. The number of nitrogens with one attached hydrogen (secondary N) is 1. The van der Waals surface area contributed by atoms with Crippen LogP contribution in [0.5, 0.6) is 0 Å². The lowest BCUT2D eigenvalue weighted by atomic mass is 10.1.